The fourth-order valence-corrected chi connectivity index (χ4v) is 3.26. The van der Waals surface area contributed by atoms with Crippen LogP contribution in [0.15, 0.2) is 28.7 Å². The molecule has 0 saturated carbocycles. The number of amides is 1. The van der Waals surface area contributed by atoms with Crippen LogP contribution in [0.2, 0.25) is 0 Å². The summed E-state index contributed by atoms with van der Waals surface area (Å²) in [6.07, 6.45) is 1.86. The van der Waals surface area contributed by atoms with Gasteiger partial charge >= 0.3 is 5.97 Å². The van der Waals surface area contributed by atoms with E-state index in [9.17, 15) is 9.59 Å². The topological polar surface area (TPSA) is 64.4 Å². The Hall–Kier alpha value is -2.15. The van der Waals surface area contributed by atoms with E-state index in [2.05, 4.69) is 34.9 Å². The number of carbonyl (C=O) groups is 2. The molecule has 0 spiro atoms. The first kappa shape index (κ1) is 21.2. The van der Waals surface area contributed by atoms with E-state index in [0.717, 1.165) is 37.3 Å². The van der Waals surface area contributed by atoms with Crippen LogP contribution in [-0.4, -0.2) is 46.3 Å². The summed E-state index contributed by atoms with van der Waals surface area (Å²) in [5, 5.41) is 4.37. The maximum atomic E-state index is 12.7. The van der Waals surface area contributed by atoms with Crippen molar-refractivity contribution in [2.75, 3.05) is 19.7 Å². The number of hydrogen-bond donors (Lipinski definition) is 0. The van der Waals surface area contributed by atoms with E-state index in [1.54, 1.807) is 23.7 Å². The third kappa shape index (κ3) is 4.77. The maximum Gasteiger partial charge on any atom is 0.360 e. The predicted molar refractivity (Wildman–Crippen MR) is 108 cm³/mol. The second-order valence-corrected chi connectivity index (χ2v) is 7.01. The van der Waals surface area contributed by atoms with E-state index in [-0.39, 0.29) is 11.6 Å². The molecule has 0 saturated heterocycles. The molecular formula is C20H26BrN3O3. The summed E-state index contributed by atoms with van der Waals surface area (Å²) in [4.78, 5) is 26.6. The molecule has 1 aromatic heterocycles. The lowest BCUT2D eigenvalue weighted by molar-refractivity contribution is 0.0517. The molecule has 0 radical (unpaired) electrons. The molecule has 0 aliphatic rings. The molecule has 0 atom stereocenters. The Morgan fingerprint density at radius 2 is 1.70 bits per heavy atom. The molecule has 2 rings (SSSR count). The van der Waals surface area contributed by atoms with Crippen molar-refractivity contribution in [1.29, 1.82) is 0 Å². The summed E-state index contributed by atoms with van der Waals surface area (Å²) in [7, 11) is 0. The molecule has 0 N–H and O–H groups in total. The summed E-state index contributed by atoms with van der Waals surface area (Å²) in [6.45, 7) is 9.55. The number of halogens is 1. The molecule has 0 aliphatic carbocycles. The third-order valence-corrected chi connectivity index (χ3v) is 5.09. The van der Waals surface area contributed by atoms with Crippen LogP contribution in [0.4, 0.5) is 0 Å². The fraction of sp³-hybridized carbons (Fsp3) is 0.450. The van der Waals surface area contributed by atoms with Crippen LogP contribution in [0.5, 0.6) is 0 Å². The number of benzene rings is 1. The molecule has 2 aromatic rings. The van der Waals surface area contributed by atoms with Crippen molar-refractivity contribution < 1.29 is 14.3 Å². The zero-order chi connectivity index (χ0) is 20.0. The summed E-state index contributed by atoms with van der Waals surface area (Å²) in [5.74, 6) is -0.427. The second kappa shape index (κ2) is 9.69. The van der Waals surface area contributed by atoms with Crippen LogP contribution < -0.4 is 0 Å². The highest BCUT2D eigenvalue weighted by Gasteiger charge is 2.21. The molecule has 7 heteroatoms. The van der Waals surface area contributed by atoms with Gasteiger partial charge in [-0.3, -0.25) is 4.79 Å². The highest BCUT2D eigenvalue weighted by molar-refractivity contribution is 9.10. The minimum Gasteiger partial charge on any atom is -0.461 e. The van der Waals surface area contributed by atoms with E-state index in [1.807, 2.05) is 24.0 Å². The third-order valence-electron chi connectivity index (χ3n) is 4.15. The first-order valence-corrected chi connectivity index (χ1v) is 10.1. The van der Waals surface area contributed by atoms with E-state index in [0.29, 0.717) is 16.6 Å². The van der Waals surface area contributed by atoms with Gasteiger partial charge in [-0.15, -0.1) is 0 Å². The molecule has 0 fully saturated rings. The quantitative estimate of drug-likeness (QED) is 0.576. The normalized spacial score (nSPS) is 10.7. The van der Waals surface area contributed by atoms with Crippen molar-refractivity contribution in [1.82, 2.24) is 14.7 Å². The minimum absolute atomic E-state index is 0.0378. The van der Waals surface area contributed by atoms with Gasteiger partial charge in [-0.05, 0) is 66.9 Å². The molecule has 146 valence electrons. The fourth-order valence-electron chi connectivity index (χ4n) is 2.85. The number of rotatable bonds is 8. The van der Waals surface area contributed by atoms with Crippen molar-refractivity contribution >= 4 is 27.8 Å². The number of aromatic nitrogens is 2. The second-order valence-electron chi connectivity index (χ2n) is 6.22. The Balaban J connectivity index is 2.28. The Morgan fingerprint density at radius 3 is 2.22 bits per heavy atom. The lowest BCUT2D eigenvalue weighted by atomic mass is 10.1. The van der Waals surface area contributed by atoms with Gasteiger partial charge in [0.25, 0.3) is 5.91 Å². The molecule has 27 heavy (non-hydrogen) atoms. The lowest BCUT2D eigenvalue weighted by Crippen LogP contribution is -2.32. The van der Waals surface area contributed by atoms with Crippen molar-refractivity contribution in [3.63, 3.8) is 0 Å². The zero-order valence-electron chi connectivity index (χ0n) is 16.3. The summed E-state index contributed by atoms with van der Waals surface area (Å²) >= 11 is 3.42. The standard InChI is InChI=1S/C20H26BrN3O3/c1-5-12-23(13-6-2)19(25)15-8-10-16(11-9-15)24-14(4)17(21)18(22-24)20(26)27-7-3/h8-11H,5-7,12-13H2,1-4H3. The van der Waals surface area contributed by atoms with Gasteiger partial charge in [-0.2, -0.15) is 5.10 Å². The van der Waals surface area contributed by atoms with Crippen LogP contribution in [0.3, 0.4) is 0 Å². The van der Waals surface area contributed by atoms with Crippen LogP contribution >= 0.6 is 15.9 Å². The van der Waals surface area contributed by atoms with Gasteiger partial charge in [0.05, 0.1) is 22.5 Å². The molecule has 0 aliphatic heterocycles. The van der Waals surface area contributed by atoms with Crippen LogP contribution in [0, 0.1) is 6.92 Å². The number of carbonyl (C=O) groups excluding carboxylic acids is 2. The largest absolute Gasteiger partial charge is 0.461 e. The molecule has 1 heterocycles. The van der Waals surface area contributed by atoms with Gasteiger partial charge in [0, 0.05) is 18.7 Å². The van der Waals surface area contributed by atoms with Gasteiger partial charge in [-0.1, -0.05) is 13.8 Å². The summed E-state index contributed by atoms with van der Waals surface area (Å²) < 4.78 is 7.32. The van der Waals surface area contributed by atoms with E-state index in [1.165, 1.54) is 0 Å². The van der Waals surface area contributed by atoms with E-state index in [4.69, 9.17) is 4.74 Å². The maximum absolute atomic E-state index is 12.7. The Bertz CT molecular complexity index is 794. The Morgan fingerprint density at radius 1 is 1.11 bits per heavy atom. The van der Waals surface area contributed by atoms with Gasteiger partial charge < -0.3 is 9.64 Å². The van der Waals surface area contributed by atoms with Gasteiger partial charge in [0.1, 0.15) is 0 Å². The molecule has 0 unspecified atom stereocenters. The predicted octanol–water partition coefficient (Wildman–Crippen LogP) is 4.38. The Kier molecular flexibility index (Phi) is 7.59. The highest BCUT2D eigenvalue weighted by atomic mass is 79.9. The lowest BCUT2D eigenvalue weighted by Gasteiger charge is -2.21. The monoisotopic (exact) mass is 435 g/mol. The highest BCUT2D eigenvalue weighted by Crippen LogP contribution is 2.24. The van der Waals surface area contributed by atoms with Crippen molar-refractivity contribution in [3.05, 3.63) is 45.7 Å². The number of nitrogens with zero attached hydrogens (tertiary/aromatic N) is 3. The molecular weight excluding hydrogens is 410 g/mol. The summed E-state index contributed by atoms with van der Waals surface area (Å²) in [5.41, 5.74) is 2.45. The number of esters is 1. The zero-order valence-corrected chi connectivity index (χ0v) is 17.9. The SMILES string of the molecule is CCCN(CCC)C(=O)c1ccc(-n2nc(C(=O)OCC)c(Br)c2C)cc1. The average Bonchev–Trinajstić information content (AvgIpc) is 2.96. The minimum atomic E-state index is -0.465. The van der Waals surface area contributed by atoms with Crippen LogP contribution in [-0.2, 0) is 4.74 Å². The van der Waals surface area contributed by atoms with Crippen LogP contribution in [0.25, 0.3) is 5.69 Å². The summed E-state index contributed by atoms with van der Waals surface area (Å²) in [6, 6.07) is 7.28. The molecule has 1 aromatic carbocycles. The van der Waals surface area contributed by atoms with E-state index >= 15 is 0 Å². The molecule has 1 amide bonds. The van der Waals surface area contributed by atoms with Crippen molar-refractivity contribution in [3.8, 4) is 5.69 Å². The number of ether oxygens (including phenoxy) is 1. The van der Waals surface area contributed by atoms with Gasteiger partial charge in [-0.25, -0.2) is 9.48 Å². The number of hydrogen-bond acceptors (Lipinski definition) is 4. The van der Waals surface area contributed by atoms with Crippen molar-refractivity contribution in [2.24, 2.45) is 0 Å². The van der Waals surface area contributed by atoms with Gasteiger partial charge in [0.15, 0.2) is 5.69 Å². The first-order valence-electron chi connectivity index (χ1n) is 9.26. The van der Waals surface area contributed by atoms with Crippen LogP contribution in [0.1, 0.15) is 60.2 Å². The molecule has 6 nitrogen and oxygen atoms in total. The first-order chi connectivity index (χ1) is 12.9. The van der Waals surface area contributed by atoms with Gasteiger partial charge in [0.2, 0.25) is 0 Å². The Labute approximate surface area is 168 Å². The van der Waals surface area contributed by atoms with E-state index < -0.39 is 5.97 Å². The smallest absolute Gasteiger partial charge is 0.360 e. The van der Waals surface area contributed by atoms with Crippen molar-refractivity contribution in [2.45, 2.75) is 40.5 Å². The average molecular weight is 436 g/mol. The molecule has 0 bridgehead atoms.